The molecule has 0 radical (unpaired) electrons. The smallest absolute Gasteiger partial charge is 0.117 e. The second-order valence-electron chi connectivity index (χ2n) is 4.83. The molecule has 0 fully saturated rings. The quantitative estimate of drug-likeness (QED) is 0.910. The summed E-state index contributed by atoms with van der Waals surface area (Å²) in [6, 6.07) is 8.78. The van der Waals surface area contributed by atoms with E-state index in [9.17, 15) is 0 Å². The monoisotopic (exact) mass is 258 g/mol. The number of benzene rings is 1. The number of fused-ring (bicyclic) bond motifs is 1. The van der Waals surface area contributed by atoms with Crippen molar-refractivity contribution in [2.75, 3.05) is 6.54 Å². The van der Waals surface area contributed by atoms with Crippen LogP contribution in [0.4, 0.5) is 0 Å². The van der Waals surface area contributed by atoms with Gasteiger partial charge in [-0.05, 0) is 36.9 Å². The fraction of sp³-hybridized carbons (Fsp3) is 0.400. The minimum Gasteiger partial charge on any atom is -0.302 e. The summed E-state index contributed by atoms with van der Waals surface area (Å²) in [6.45, 7) is 3.25. The van der Waals surface area contributed by atoms with Gasteiger partial charge in [0.2, 0.25) is 0 Å². The lowest BCUT2D eigenvalue weighted by Gasteiger charge is -2.29. The Morgan fingerprint density at radius 2 is 2.28 bits per heavy atom. The third kappa shape index (κ3) is 1.78. The van der Waals surface area contributed by atoms with Crippen LogP contribution in [0, 0.1) is 0 Å². The summed E-state index contributed by atoms with van der Waals surface area (Å²) in [7, 11) is 0. The first-order valence-electron chi connectivity index (χ1n) is 6.60. The molecular weight excluding hydrogens is 240 g/mol. The minimum atomic E-state index is -0.0409. The number of nitrogens with zero attached hydrogens (tertiary/aromatic N) is 1. The van der Waals surface area contributed by atoms with Crippen molar-refractivity contribution in [3.05, 3.63) is 52.0 Å². The van der Waals surface area contributed by atoms with Crippen LogP contribution in [0.3, 0.4) is 0 Å². The van der Waals surface area contributed by atoms with Gasteiger partial charge in [0.1, 0.15) is 5.01 Å². The highest BCUT2D eigenvalue weighted by atomic mass is 32.1. The van der Waals surface area contributed by atoms with E-state index in [0.29, 0.717) is 0 Å². The van der Waals surface area contributed by atoms with E-state index in [-0.39, 0.29) is 5.54 Å². The molecule has 94 valence electrons. The molecule has 0 aliphatic heterocycles. The summed E-state index contributed by atoms with van der Waals surface area (Å²) >= 11 is 1.76. The topological polar surface area (TPSA) is 24.9 Å². The van der Waals surface area contributed by atoms with Gasteiger partial charge in [-0.3, -0.25) is 0 Å². The Morgan fingerprint density at radius 3 is 3.06 bits per heavy atom. The highest BCUT2D eigenvalue weighted by Gasteiger charge is 2.41. The van der Waals surface area contributed by atoms with E-state index < -0.39 is 0 Å². The molecule has 1 aromatic carbocycles. The third-order valence-corrected chi connectivity index (χ3v) is 4.66. The number of nitrogens with one attached hydrogen (secondary N) is 1. The average Bonchev–Trinajstić information content (AvgIpc) is 3.05. The molecule has 18 heavy (non-hydrogen) atoms. The van der Waals surface area contributed by atoms with Gasteiger partial charge in [0.05, 0.1) is 5.54 Å². The van der Waals surface area contributed by atoms with E-state index in [1.54, 1.807) is 11.3 Å². The normalized spacial score (nSPS) is 22.1. The van der Waals surface area contributed by atoms with Crippen molar-refractivity contribution in [2.45, 2.75) is 31.7 Å². The first-order chi connectivity index (χ1) is 8.87. The van der Waals surface area contributed by atoms with E-state index in [2.05, 4.69) is 46.9 Å². The molecule has 3 rings (SSSR count). The summed E-state index contributed by atoms with van der Waals surface area (Å²) in [5.41, 5.74) is 2.85. The zero-order valence-electron chi connectivity index (χ0n) is 10.6. The molecule has 0 spiro atoms. The number of thiazole rings is 1. The number of hydrogen-bond donors (Lipinski definition) is 1. The first kappa shape index (κ1) is 11.9. The van der Waals surface area contributed by atoms with Gasteiger partial charge >= 0.3 is 0 Å². The largest absolute Gasteiger partial charge is 0.302 e. The number of rotatable bonds is 4. The lowest BCUT2D eigenvalue weighted by molar-refractivity contribution is 0.397. The van der Waals surface area contributed by atoms with Crippen LogP contribution in [0.1, 0.15) is 35.9 Å². The van der Waals surface area contributed by atoms with Crippen molar-refractivity contribution < 1.29 is 0 Å². The molecule has 0 saturated heterocycles. The van der Waals surface area contributed by atoms with Crippen LogP contribution in [-0.4, -0.2) is 11.5 Å². The number of hydrogen-bond acceptors (Lipinski definition) is 3. The lowest BCUT2D eigenvalue weighted by Crippen LogP contribution is -2.41. The maximum Gasteiger partial charge on any atom is 0.117 e. The van der Waals surface area contributed by atoms with Crippen molar-refractivity contribution in [1.29, 1.82) is 0 Å². The van der Waals surface area contributed by atoms with E-state index in [1.807, 2.05) is 6.20 Å². The molecule has 0 amide bonds. The molecule has 1 atom stereocenters. The summed E-state index contributed by atoms with van der Waals surface area (Å²) in [5, 5.41) is 7.04. The summed E-state index contributed by atoms with van der Waals surface area (Å²) < 4.78 is 0. The minimum absolute atomic E-state index is 0.0409. The first-order valence-corrected chi connectivity index (χ1v) is 7.48. The zero-order chi connectivity index (χ0) is 12.4. The van der Waals surface area contributed by atoms with E-state index >= 15 is 0 Å². The summed E-state index contributed by atoms with van der Waals surface area (Å²) in [5.74, 6) is 0. The van der Waals surface area contributed by atoms with Gasteiger partial charge in [0.15, 0.2) is 0 Å². The Labute approximate surface area is 112 Å². The molecule has 1 N–H and O–H groups in total. The molecule has 0 saturated carbocycles. The Kier molecular flexibility index (Phi) is 3.18. The van der Waals surface area contributed by atoms with E-state index in [1.165, 1.54) is 16.1 Å². The van der Waals surface area contributed by atoms with Gasteiger partial charge in [-0.1, -0.05) is 31.2 Å². The highest BCUT2D eigenvalue weighted by molar-refractivity contribution is 7.09. The molecular formula is C15H18N2S. The van der Waals surface area contributed by atoms with Crippen LogP contribution >= 0.6 is 11.3 Å². The van der Waals surface area contributed by atoms with E-state index in [0.717, 1.165) is 25.8 Å². The molecule has 1 aromatic heterocycles. The maximum atomic E-state index is 4.58. The number of aromatic nitrogens is 1. The van der Waals surface area contributed by atoms with Crippen LogP contribution in [0.15, 0.2) is 35.8 Å². The Balaban J connectivity index is 2.08. The molecule has 3 heteroatoms. The van der Waals surface area contributed by atoms with Crippen molar-refractivity contribution in [2.24, 2.45) is 0 Å². The van der Waals surface area contributed by atoms with Crippen LogP contribution < -0.4 is 5.32 Å². The second kappa shape index (κ2) is 4.82. The third-order valence-electron chi connectivity index (χ3n) is 3.72. The standard InChI is InChI=1S/C15H18N2S/c1-2-9-17-15(14-16-10-11-18-14)8-7-12-5-3-4-6-13(12)15/h3-6,10-11,17H,2,7-9H2,1H3. The molecule has 2 aromatic rings. The molecule has 1 unspecified atom stereocenters. The average molecular weight is 258 g/mol. The Bertz CT molecular complexity index is 521. The Morgan fingerprint density at radius 1 is 1.39 bits per heavy atom. The molecule has 1 aliphatic carbocycles. The van der Waals surface area contributed by atoms with Gasteiger partial charge in [-0.15, -0.1) is 11.3 Å². The summed E-state index contributed by atoms with van der Waals surface area (Å²) in [4.78, 5) is 4.58. The van der Waals surface area contributed by atoms with Gasteiger partial charge in [-0.25, -0.2) is 4.98 Å². The fourth-order valence-corrected chi connectivity index (χ4v) is 3.72. The lowest BCUT2D eigenvalue weighted by atomic mass is 9.92. The van der Waals surface area contributed by atoms with Crippen LogP contribution in [0.25, 0.3) is 0 Å². The fourth-order valence-electron chi connectivity index (χ4n) is 2.87. The molecule has 2 nitrogen and oxygen atoms in total. The van der Waals surface area contributed by atoms with Crippen LogP contribution in [0.2, 0.25) is 0 Å². The van der Waals surface area contributed by atoms with Crippen molar-refractivity contribution in [3.63, 3.8) is 0 Å². The molecule has 0 bridgehead atoms. The number of aryl methyl sites for hydroxylation is 1. The van der Waals surface area contributed by atoms with Gasteiger partial charge in [-0.2, -0.15) is 0 Å². The SMILES string of the molecule is CCCNC1(c2nccs2)CCc2ccccc21. The summed E-state index contributed by atoms with van der Waals surface area (Å²) in [6.07, 6.45) is 5.33. The van der Waals surface area contributed by atoms with Crippen molar-refractivity contribution in [1.82, 2.24) is 10.3 Å². The van der Waals surface area contributed by atoms with E-state index in [4.69, 9.17) is 0 Å². The zero-order valence-corrected chi connectivity index (χ0v) is 11.5. The van der Waals surface area contributed by atoms with Crippen LogP contribution in [-0.2, 0) is 12.0 Å². The Hall–Kier alpha value is -1.19. The van der Waals surface area contributed by atoms with Crippen molar-refractivity contribution in [3.8, 4) is 0 Å². The van der Waals surface area contributed by atoms with Crippen LogP contribution in [0.5, 0.6) is 0 Å². The highest BCUT2D eigenvalue weighted by Crippen LogP contribution is 2.42. The van der Waals surface area contributed by atoms with Gasteiger partial charge in [0, 0.05) is 11.6 Å². The van der Waals surface area contributed by atoms with Gasteiger partial charge < -0.3 is 5.32 Å². The molecule has 1 aliphatic rings. The van der Waals surface area contributed by atoms with Crippen molar-refractivity contribution >= 4 is 11.3 Å². The maximum absolute atomic E-state index is 4.58. The predicted molar refractivity (Wildman–Crippen MR) is 76.0 cm³/mol. The van der Waals surface area contributed by atoms with Gasteiger partial charge in [0.25, 0.3) is 0 Å². The predicted octanol–water partition coefficient (Wildman–Crippen LogP) is 3.33. The second-order valence-corrected chi connectivity index (χ2v) is 5.72. The molecule has 1 heterocycles.